The number of anilines is 1. The first-order chi connectivity index (χ1) is 8.06. The van der Waals surface area contributed by atoms with E-state index in [0.29, 0.717) is 18.8 Å². The lowest BCUT2D eigenvalue weighted by Gasteiger charge is -2.10. The molecule has 0 spiro atoms. The van der Waals surface area contributed by atoms with Gasteiger partial charge in [0.1, 0.15) is 0 Å². The highest BCUT2D eigenvalue weighted by Gasteiger charge is 2.19. The van der Waals surface area contributed by atoms with Gasteiger partial charge in [0.2, 0.25) is 12.1 Å². The monoisotopic (exact) mass is 244 g/mol. The number of aryl methyl sites for hydroxylation is 1. The van der Waals surface area contributed by atoms with E-state index >= 15 is 0 Å². The van der Waals surface area contributed by atoms with Crippen molar-refractivity contribution in [1.29, 1.82) is 0 Å². The maximum absolute atomic E-state index is 10.7. The molecule has 0 aliphatic rings. The Hall–Kier alpha value is -1.67. The van der Waals surface area contributed by atoms with Crippen LogP contribution >= 0.6 is 0 Å². The average Bonchev–Trinajstić information content (AvgIpc) is 2.61. The van der Waals surface area contributed by atoms with Crippen LogP contribution in [-0.4, -0.2) is 45.9 Å². The largest absolute Gasteiger partial charge is 0.406 e. The van der Waals surface area contributed by atoms with Crippen LogP contribution in [0.5, 0.6) is 0 Å². The molecular formula is C9H16N4O4. The van der Waals surface area contributed by atoms with Gasteiger partial charge < -0.3 is 25.3 Å². The first kappa shape index (κ1) is 13.4. The summed E-state index contributed by atoms with van der Waals surface area (Å²) < 4.78 is 6.30. The molecule has 2 N–H and O–H groups in total. The lowest BCUT2D eigenvalue weighted by molar-refractivity contribution is -0.388. The van der Waals surface area contributed by atoms with Crippen molar-refractivity contribution in [3.05, 3.63) is 16.4 Å². The molecule has 96 valence electrons. The summed E-state index contributed by atoms with van der Waals surface area (Å²) in [7, 11) is 3.16. The Bertz CT molecular complexity index is 379. The van der Waals surface area contributed by atoms with Gasteiger partial charge in [0.25, 0.3) is 0 Å². The van der Waals surface area contributed by atoms with Crippen molar-refractivity contribution in [2.24, 2.45) is 7.05 Å². The van der Waals surface area contributed by atoms with Crippen LogP contribution in [0.3, 0.4) is 0 Å². The predicted octanol–water partition coefficient (Wildman–Crippen LogP) is 0.138. The second kappa shape index (κ2) is 6.16. The third-order valence-corrected chi connectivity index (χ3v) is 2.22. The van der Waals surface area contributed by atoms with Gasteiger partial charge in [-0.2, -0.15) is 0 Å². The molecule has 8 nitrogen and oxygen atoms in total. The number of aliphatic hydroxyl groups is 1. The Labute approximate surface area is 98.4 Å². The molecule has 0 bridgehead atoms. The maximum atomic E-state index is 10.7. The van der Waals surface area contributed by atoms with E-state index in [1.165, 1.54) is 18.0 Å². The van der Waals surface area contributed by atoms with Crippen LogP contribution in [0.4, 0.5) is 11.6 Å². The molecule has 0 aliphatic heterocycles. The van der Waals surface area contributed by atoms with E-state index in [0.717, 1.165) is 0 Å². The van der Waals surface area contributed by atoms with Gasteiger partial charge in [-0.1, -0.05) is 0 Å². The third-order valence-electron chi connectivity index (χ3n) is 2.22. The maximum Gasteiger partial charge on any atom is 0.406 e. The Morgan fingerprint density at radius 3 is 3.06 bits per heavy atom. The summed E-state index contributed by atoms with van der Waals surface area (Å²) in [6.45, 7) is 0.653. The molecule has 1 atom stereocenters. The summed E-state index contributed by atoms with van der Waals surface area (Å²) in [4.78, 5) is 13.8. The highest BCUT2D eigenvalue weighted by atomic mass is 16.6. The second-order valence-electron chi connectivity index (χ2n) is 3.61. The van der Waals surface area contributed by atoms with Crippen molar-refractivity contribution in [2.75, 3.05) is 25.6 Å². The molecule has 1 heterocycles. The van der Waals surface area contributed by atoms with Gasteiger partial charge in [0.15, 0.2) is 0 Å². The molecule has 17 heavy (non-hydrogen) atoms. The summed E-state index contributed by atoms with van der Waals surface area (Å²) in [6.07, 6.45) is 1.22. The Kier molecular flexibility index (Phi) is 4.85. The zero-order chi connectivity index (χ0) is 12.8. The smallest absolute Gasteiger partial charge is 0.391 e. The van der Waals surface area contributed by atoms with Gasteiger partial charge in [-0.15, -0.1) is 0 Å². The molecule has 8 heteroatoms. The zero-order valence-corrected chi connectivity index (χ0v) is 9.79. The molecule has 0 fully saturated rings. The van der Waals surface area contributed by atoms with E-state index < -0.39 is 11.0 Å². The number of hydrogen-bond acceptors (Lipinski definition) is 6. The highest BCUT2D eigenvalue weighted by Crippen LogP contribution is 2.20. The van der Waals surface area contributed by atoms with Crippen LogP contribution in [0.1, 0.15) is 6.42 Å². The van der Waals surface area contributed by atoms with Gasteiger partial charge >= 0.3 is 5.82 Å². The van der Waals surface area contributed by atoms with Gasteiger partial charge in [0.05, 0.1) is 12.7 Å². The third kappa shape index (κ3) is 3.68. The molecule has 0 aliphatic carbocycles. The SMILES string of the molecule is COCC(O)CCNc1c([N+](=O)[O-])ncn1C. The van der Waals surface area contributed by atoms with Crippen molar-refractivity contribution in [3.63, 3.8) is 0 Å². The Morgan fingerprint density at radius 2 is 2.47 bits per heavy atom. The average molecular weight is 244 g/mol. The van der Waals surface area contributed by atoms with Crippen molar-refractivity contribution in [2.45, 2.75) is 12.5 Å². The zero-order valence-electron chi connectivity index (χ0n) is 9.79. The number of aliphatic hydroxyl groups excluding tert-OH is 1. The molecule has 1 rings (SSSR count). The number of aromatic nitrogens is 2. The van der Waals surface area contributed by atoms with Crippen LogP contribution in [0.15, 0.2) is 6.33 Å². The molecule has 0 saturated heterocycles. The van der Waals surface area contributed by atoms with E-state index in [-0.39, 0.29) is 12.4 Å². The summed E-state index contributed by atoms with van der Waals surface area (Å²) in [5.74, 6) is 0.119. The van der Waals surface area contributed by atoms with E-state index in [1.54, 1.807) is 7.05 Å². The number of nitrogens with zero attached hydrogens (tertiary/aromatic N) is 3. The summed E-state index contributed by atoms with van der Waals surface area (Å²) >= 11 is 0. The van der Waals surface area contributed by atoms with Gasteiger partial charge in [-0.25, -0.2) is 0 Å². The Balaban J connectivity index is 2.51. The first-order valence-electron chi connectivity index (χ1n) is 5.12. The molecule has 0 amide bonds. The molecule has 0 aromatic carbocycles. The number of rotatable bonds is 7. The lowest BCUT2D eigenvalue weighted by Crippen LogP contribution is -2.19. The number of hydrogen-bond donors (Lipinski definition) is 2. The van der Waals surface area contributed by atoms with Gasteiger partial charge in [-0.3, -0.25) is 4.57 Å². The van der Waals surface area contributed by atoms with Crippen LogP contribution < -0.4 is 5.32 Å². The van der Waals surface area contributed by atoms with Crippen LogP contribution in [0.25, 0.3) is 0 Å². The van der Waals surface area contributed by atoms with E-state index in [2.05, 4.69) is 10.3 Å². The van der Waals surface area contributed by atoms with Crippen molar-refractivity contribution in [3.8, 4) is 0 Å². The second-order valence-corrected chi connectivity index (χ2v) is 3.61. The molecule has 1 aromatic heterocycles. The topological polar surface area (TPSA) is 102 Å². The Morgan fingerprint density at radius 1 is 1.76 bits per heavy atom. The fourth-order valence-electron chi connectivity index (χ4n) is 1.39. The van der Waals surface area contributed by atoms with Crippen molar-refractivity contribution >= 4 is 11.6 Å². The van der Waals surface area contributed by atoms with Crippen molar-refractivity contribution in [1.82, 2.24) is 9.55 Å². The van der Waals surface area contributed by atoms with Crippen LogP contribution in [0.2, 0.25) is 0 Å². The van der Waals surface area contributed by atoms with Crippen molar-refractivity contribution < 1.29 is 14.8 Å². The highest BCUT2D eigenvalue weighted by molar-refractivity contribution is 5.51. The fraction of sp³-hybridized carbons (Fsp3) is 0.667. The van der Waals surface area contributed by atoms with Gasteiger partial charge in [-0.05, 0) is 16.3 Å². The minimum atomic E-state index is -0.584. The summed E-state index contributed by atoms with van der Waals surface area (Å²) in [5.41, 5.74) is 0. The number of imidazole rings is 1. The fourth-order valence-corrected chi connectivity index (χ4v) is 1.39. The number of methoxy groups -OCH3 is 1. The molecule has 0 radical (unpaired) electrons. The number of ether oxygens (including phenoxy) is 1. The minimum Gasteiger partial charge on any atom is -0.391 e. The molecule has 1 aromatic rings. The van der Waals surface area contributed by atoms with Gasteiger partial charge in [0, 0.05) is 20.7 Å². The first-order valence-corrected chi connectivity index (χ1v) is 5.12. The summed E-state index contributed by atoms with van der Waals surface area (Å²) in [6, 6.07) is 0. The van der Waals surface area contributed by atoms with E-state index in [1.807, 2.05) is 0 Å². The lowest BCUT2D eigenvalue weighted by atomic mass is 10.2. The molecule has 1 unspecified atom stereocenters. The van der Waals surface area contributed by atoms with Crippen LogP contribution in [0, 0.1) is 10.1 Å². The summed E-state index contributed by atoms with van der Waals surface area (Å²) in [5, 5.41) is 22.9. The normalized spacial score (nSPS) is 12.4. The van der Waals surface area contributed by atoms with E-state index in [9.17, 15) is 15.2 Å². The standard InChI is InChI=1S/C9H16N4O4/c1-12-6-11-9(13(15)16)8(12)10-4-3-7(14)5-17-2/h6-7,10,14H,3-5H2,1-2H3. The molecule has 0 saturated carbocycles. The predicted molar refractivity (Wildman–Crippen MR) is 60.9 cm³/mol. The molecular weight excluding hydrogens is 228 g/mol. The number of nitrogens with one attached hydrogen (secondary N) is 1. The van der Waals surface area contributed by atoms with E-state index in [4.69, 9.17) is 4.74 Å². The number of nitro groups is 1. The van der Waals surface area contributed by atoms with Crippen LogP contribution in [-0.2, 0) is 11.8 Å². The minimum absolute atomic E-state index is 0.214. The quantitative estimate of drug-likeness (QED) is 0.522.